The Labute approximate surface area is 493 Å². The second-order valence-electron chi connectivity index (χ2n) is 25.4. The van der Waals surface area contributed by atoms with Gasteiger partial charge in [0.15, 0.2) is 6.29 Å². The molecule has 0 saturated carbocycles. The van der Waals surface area contributed by atoms with E-state index in [9.17, 15) is 25.2 Å². The number of benzene rings is 3. The number of carbonyl (C=O) groups is 1. The Morgan fingerprint density at radius 2 is 1.21 bits per heavy atom. The molecule has 17 atom stereocenters. The maximum atomic E-state index is 14.9. The van der Waals surface area contributed by atoms with E-state index in [0.717, 1.165) is 68.4 Å². The summed E-state index contributed by atoms with van der Waals surface area (Å²) >= 11 is 0. The molecule has 3 aromatic carbocycles. The van der Waals surface area contributed by atoms with E-state index >= 15 is 0 Å². The fraction of sp³-hybridized carbons (Fsp3) is 0.712. The summed E-state index contributed by atoms with van der Waals surface area (Å²) in [5.74, 6) is -0.214. The highest BCUT2D eigenvalue weighted by Crippen LogP contribution is 2.57. The fourth-order valence-electron chi connectivity index (χ4n) is 14.1. The van der Waals surface area contributed by atoms with E-state index in [2.05, 4.69) is 111 Å². The molecule has 0 spiro atoms. The van der Waals surface area contributed by atoms with Crippen LogP contribution >= 0.6 is 7.26 Å². The van der Waals surface area contributed by atoms with Crippen molar-refractivity contribution in [3.05, 3.63) is 72.8 Å². The van der Waals surface area contributed by atoms with E-state index in [-0.39, 0.29) is 30.9 Å². The molecule has 3 heterocycles. The normalized spacial score (nSPS) is 34.9. The van der Waals surface area contributed by atoms with Crippen molar-refractivity contribution < 1.29 is 63.1 Å². The molecule has 3 aromatic rings. The Morgan fingerprint density at radius 1 is 0.695 bits per heavy atom. The Kier molecular flexibility index (Phi) is 24.6. The zero-order valence-corrected chi connectivity index (χ0v) is 53.6. The topological polar surface area (TPSA) is 178 Å². The molecule has 6 rings (SSSR count). The largest absolute Gasteiger partial charge is 0.497 e. The van der Waals surface area contributed by atoms with Crippen LogP contribution in [0.1, 0.15) is 140 Å². The first-order chi connectivity index (χ1) is 38.8. The first-order valence-corrected chi connectivity index (χ1v) is 32.5. The lowest BCUT2D eigenvalue weighted by molar-refractivity contribution is -0.275. The molecule has 16 heteroatoms. The number of rotatable bonds is 21. The molecule has 82 heavy (non-hydrogen) atoms. The molecule has 0 amide bonds. The van der Waals surface area contributed by atoms with Gasteiger partial charge in [0, 0.05) is 44.5 Å². The molecule has 1 unspecified atom stereocenters. The molecular formula is C66H106N2O13P+. The summed E-state index contributed by atoms with van der Waals surface area (Å²) in [5, 5.41) is 53.3. The van der Waals surface area contributed by atoms with Gasteiger partial charge in [-0.3, -0.25) is 9.69 Å². The van der Waals surface area contributed by atoms with Crippen LogP contribution in [0, 0.1) is 23.7 Å². The lowest BCUT2D eigenvalue weighted by Gasteiger charge is -2.51. The molecule has 3 aliphatic rings. The molecule has 3 fully saturated rings. The van der Waals surface area contributed by atoms with Gasteiger partial charge >= 0.3 is 5.97 Å². The molecule has 3 saturated heterocycles. The number of carbonyl (C=O) groups excluding carboxylic acids is 1. The summed E-state index contributed by atoms with van der Waals surface area (Å²) in [7, 11) is 8.65. The van der Waals surface area contributed by atoms with Crippen LogP contribution in [-0.4, -0.2) is 176 Å². The summed E-state index contributed by atoms with van der Waals surface area (Å²) in [5.41, 5.74) is -4.28. The summed E-state index contributed by atoms with van der Waals surface area (Å²) in [6, 6.07) is 25.4. The number of aliphatic hydroxyl groups excluding tert-OH is 2. The lowest BCUT2D eigenvalue weighted by atomic mass is 9.68. The SMILES string of the molecule is CC[C@H]1OC(=O)[C@H](C)[C@@H](C2C[C@@](C)(OC)[C@@H](O)[C@H](C)O2)[C@H](C)[C@@H](O[C@H]2C[C@@H](N(C)C)C[C@@H](C)O2)[C@](C)(O)C[C@@H](C)CN(CCCCCCCC[P+](c2ccc(OC)cc2)(c2ccc(OC)cc2)c2ccc(OC)cc2)[C@H](C)[C@@H](O)[C@]1(C)O. The zero-order chi connectivity index (χ0) is 60.3. The second kappa shape index (κ2) is 29.8. The summed E-state index contributed by atoms with van der Waals surface area (Å²) in [6.07, 6.45) is 3.09. The first kappa shape index (κ1) is 67.7. The average molecular weight is 1170 g/mol. The first-order valence-electron chi connectivity index (χ1n) is 30.6. The van der Waals surface area contributed by atoms with Crippen LogP contribution < -0.4 is 30.1 Å². The number of hydrogen-bond acceptors (Lipinski definition) is 15. The van der Waals surface area contributed by atoms with Crippen molar-refractivity contribution in [1.29, 1.82) is 0 Å². The number of hydrogen-bond donors (Lipinski definition) is 4. The molecule has 15 nitrogen and oxygen atoms in total. The van der Waals surface area contributed by atoms with Crippen LogP contribution in [0.5, 0.6) is 17.2 Å². The minimum absolute atomic E-state index is 0.0925. The summed E-state index contributed by atoms with van der Waals surface area (Å²) in [4.78, 5) is 19.3. The lowest BCUT2D eigenvalue weighted by Crippen LogP contribution is -2.61. The highest BCUT2D eigenvalue weighted by Gasteiger charge is 2.55. The summed E-state index contributed by atoms with van der Waals surface area (Å²) in [6.45, 7) is 20.1. The van der Waals surface area contributed by atoms with E-state index in [1.807, 2.05) is 48.5 Å². The number of esters is 1. The van der Waals surface area contributed by atoms with Crippen LogP contribution in [0.25, 0.3) is 0 Å². The molecule has 4 N–H and O–H groups in total. The maximum Gasteiger partial charge on any atom is 0.309 e. The second-order valence-corrected chi connectivity index (χ2v) is 29.1. The molecule has 3 aliphatic heterocycles. The van der Waals surface area contributed by atoms with Gasteiger partial charge in [0.25, 0.3) is 0 Å². The van der Waals surface area contributed by atoms with E-state index in [1.54, 1.807) is 35.4 Å². The van der Waals surface area contributed by atoms with Crippen molar-refractivity contribution in [2.45, 2.75) is 218 Å². The van der Waals surface area contributed by atoms with Gasteiger partial charge in [-0.1, -0.05) is 47.0 Å². The van der Waals surface area contributed by atoms with Crippen LogP contribution in [0.2, 0.25) is 0 Å². The number of methoxy groups -OCH3 is 4. The highest BCUT2D eigenvalue weighted by molar-refractivity contribution is 7.95. The van der Waals surface area contributed by atoms with Gasteiger partial charge in [0.1, 0.15) is 64.3 Å². The molecule has 0 bridgehead atoms. The number of nitrogens with zero attached hydrogens (tertiary/aromatic N) is 2. The van der Waals surface area contributed by atoms with Gasteiger partial charge in [-0.15, -0.1) is 0 Å². The molecular weight excluding hydrogens is 1060 g/mol. The van der Waals surface area contributed by atoms with Crippen LogP contribution in [0.4, 0.5) is 0 Å². The number of ether oxygens (including phenoxy) is 8. The quantitative estimate of drug-likeness (QED) is 0.0451. The number of cyclic esters (lactones) is 1. The van der Waals surface area contributed by atoms with Gasteiger partial charge in [-0.25, -0.2) is 0 Å². The Balaban J connectivity index is 1.25. The van der Waals surface area contributed by atoms with Crippen molar-refractivity contribution in [3.63, 3.8) is 0 Å². The third kappa shape index (κ3) is 15.9. The Bertz CT molecular complexity index is 2280. The Hall–Kier alpha value is -3.44. The van der Waals surface area contributed by atoms with E-state index < -0.39 is 96.7 Å². The van der Waals surface area contributed by atoms with Crippen LogP contribution in [0.3, 0.4) is 0 Å². The van der Waals surface area contributed by atoms with Gasteiger partial charge < -0.3 is 63.2 Å². The zero-order valence-electron chi connectivity index (χ0n) is 52.7. The van der Waals surface area contributed by atoms with Crippen molar-refractivity contribution >= 4 is 29.1 Å². The van der Waals surface area contributed by atoms with Crippen molar-refractivity contribution in [2.75, 3.05) is 61.8 Å². The molecule has 462 valence electrons. The van der Waals surface area contributed by atoms with E-state index in [0.29, 0.717) is 25.9 Å². The predicted molar refractivity (Wildman–Crippen MR) is 328 cm³/mol. The van der Waals surface area contributed by atoms with Gasteiger partial charge in [0.05, 0.1) is 69.0 Å². The number of aliphatic hydroxyl groups is 4. The Morgan fingerprint density at radius 3 is 1.70 bits per heavy atom. The van der Waals surface area contributed by atoms with Crippen LogP contribution in [0.15, 0.2) is 72.8 Å². The molecule has 0 radical (unpaired) electrons. The average Bonchev–Trinajstić information content (AvgIpc) is 2.21. The molecule has 0 aromatic heterocycles. The summed E-state index contributed by atoms with van der Waals surface area (Å²) < 4.78 is 49.6. The van der Waals surface area contributed by atoms with Crippen molar-refractivity contribution in [3.8, 4) is 17.2 Å². The third-order valence-electron chi connectivity index (χ3n) is 19.0. The standard InChI is InChI=1S/C66H106N2O13P/c1-17-57-66(10,73)60(69)47(6)68(36-22-20-18-19-21-23-37-82(53-30-24-50(74-13)25-31-53,54-32-26-51(75-14)27-33-54)55-34-28-52(76-15)29-35-55)42-43(2)40-64(8,72)62(81-58-39-49(67(11)12)38-44(3)78-58)45(4)59(46(5)63(71)80-57)56-41-65(9,77-16)61(70)48(7)79-56/h24-35,43-49,56-62,69-70,72-73H,17-23,36-42H2,1-16H3/q+1/t43-,44-,45+,46-,47-,48+,49+,56?,57-,58+,59+,60-,61+,62-,64-,65-,66-/m1/s1. The van der Waals surface area contributed by atoms with Crippen molar-refractivity contribution in [1.82, 2.24) is 9.80 Å². The smallest absolute Gasteiger partial charge is 0.309 e. The fourth-order valence-corrected chi connectivity index (χ4v) is 18.4. The van der Waals surface area contributed by atoms with Crippen molar-refractivity contribution in [2.24, 2.45) is 23.7 Å². The highest BCUT2D eigenvalue weighted by atomic mass is 31.2. The minimum atomic E-state index is -2.15. The monoisotopic (exact) mass is 1170 g/mol. The molecule has 0 aliphatic carbocycles. The van der Waals surface area contributed by atoms with E-state index in [4.69, 9.17) is 37.9 Å². The van der Waals surface area contributed by atoms with Gasteiger partial charge in [0.2, 0.25) is 0 Å². The van der Waals surface area contributed by atoms with Crippen LogP contribution in [-0.2, 0) is 28.5 Å². The third-order valence-corrected chi connectivity index (χ3v) is 23.6. The van der Waals surface area contributed by atoms with Gasteiger partial charge in [-0.2, -0.15) is 0 Å². The van der Waals surface area contributed by atoms with E-state index in [1.165, 1.54) is 15.9 Å². The minimum Gasteiger partial charge on any atom is -0.497 e. The predicted octanol–water partition coefficient (Wildman–Crippen LogP) is 8.93. The maximum absolute atomic E-state index is 14.9. The van der Waals surface area contributed by atoms with Gasteiger partial charge in [-0.05, 0) is 185 Å². The number of unbranched alkanes of at least 4 members (excludes halogenated alkanes) is 5.